The Morgan fingerprint density at radius 2 is 1.73 bits per heavy atom. The summed E-state index contributed by atoms with van der Waals surface area (Å²) in [7, 11) is -0.896. The van der Waals surface area contributed by atoms with Crippen molar-refractivity contribution in [3.8, 4) is 16.9 Å². The first kappa shape index (κ1) is 25.4. The second-order valence-electron chi connectivity index (χ2n) is 9.84. The number of hydrogen-bond acceptors (Lipinski definition) is 5. The molecule has 0 unspecified atom stereocenters. The molecule has 8 heteroatoms. The second-order valence-corrected chi connectivity index (χ2v) is 11.8. The van der Waals surface area contributed by atoms with Crippen LogP contribution in [0.15, 0.2) is 77.7 Å². The molecule has 194 valence electrons. The molecule has 7 nitrogen and oxygen atoms in total. The zero-order chi connectivity index (χ0) is 26.3. The minimum Gasteiger partial charge on any atom is -0.497 e. The first-order chi connectivity index (χ1) is 17.7. The maximum absolute atomic E-state index is 13.8. The average Bonchev–Trinajstić information content (AvgIpc) is 2.92. The quantitative estimate of drug-likeness (QED) is 0.533. The number of rotatable bonds is 6. The number of hydrogen-bond donors (Lipinski definition) is 1. The van der Waals surface area contributed by atoms with E-state index in [2.05, 4.69) is 30.3 Å². The lowest BCUT2D eigenvalue weighted by Gasteiger charge is -2.49. The number of aliphatic hydroxyl groups excluding tert-OH is 1. The standard InChI is InChI=1S/C29H32N2O5S/c1-19(32)28-27(30(2)37(34,35)24-13-11-23(36-3)12-14-24)18-26-25-17-22(20-7-5-4-6-8-20)10-9-21(25)15-16-31(26)29(28)33/h4-14,17,19,26-28,32H,15-16,18H2,1-3H3/t19-,26-,27-,28-/m0/s1. The lowest BCUT2D eigenvalue weighted by molar-refractivity contribution is -0.150. The van der Waals surface area contributed by atoms with Crippen LogP contribution in [0.5, 0.6) is 5.75 Å². The molecule has 2 heterocycles. The molecule has 1 amide bonds. The molecular weight excluding hydrogens is 488 g/mol. The van der Waals surface area contributed by atoms with Gasteiger partial charge in [0.15, 0.2) is 0 Å². The number of piperidine rings is 1. The number of carbonyl (C=O) groups excluding carboxylic acids is 1. The number of ether oxygens (including phenoxy) is 1. The number of methoxy groups -OCH3 is 1. The van der Waals surface area contributed by atoms with Crippen molar-refractivity contribution < 1.29 is 23.1 Å². The van der Waals surface area contributed by atoms with E-state index in [4.69, 9.17) is 4.74 Å². The van der Waals surface area contributed by atoms with Crippen LogP contribution in [0.2, 0.25) is 0 Å². The molecule has 3 aromatic carbocycles. The average molecular weight is 521 g/mol. The van der Waals surface area contributed by atoms with Crippen LogP contribution < -0.4 is 4.74 Å². The SMILES string of the molecule is COc1ccc(S(=O)(=O)N(C)[C@H]2C[C@H]3c4cc(-c5ccccc5)ccc4CCN3C(=O)[C@H]2[C@H](C)O)cc1. The molecule has 0 saturated carbocycles. The zero-order valence-corrected chi connectivity index (χ0v) is 22.1. The van der Waals surface area contributed by atoms with E-state index < -0.39 is 28.1 Å². The topological polar surface area (TPSA) is 87.2 Å². The highest BCUT2D eigenvalue weighted by Crippen LogP contribution is 2.43. The Morgan fingerprint density at radius 1 is 1.03 bits per heavy atom. The second kappa shape index (κ2) is 9.93. The smallest absolute Gasteiger partial charge is 0.243 e. The Hall–Kier alpha value is -3.20. The number of amides is 1. The van der Waals surface area contributed by atoms with Crippen LogP contribution in [0.3, 0.4) is 0 Å². The molecule has 37 heavy (non-hydrogen) atoms. The first-order valence-corrected chi connectivity index (χ1v) is 13.9. The molecule has 5 rings (SSSR count). The van der Waals surface area contributed by atoms with Crippen molar-refractivity contribution in [3.63, 3.8) is 0 Å². The predicted molar refractivity (Wildman–Crippen MR) is 142 cm³/mol. The lowest BCUT2D eigenvalue weighted by atomic mass is 9.77. The summed E-state index contributed by atoms with van der Waals surface area (Å²) in [5, 5.41) is 10.7. The summed E-state index contributed by atoms with van der Waals surface area (Å²) < 4.78 is 33.7. The van der Waals surface area contributed by atoms with Gasteiger partial charge < -0.3 is 14.7 Å². The molecule has 0 radical (unpaired) electrons. The van der Waals surface area contributed by atoms with Gasteiger partial charge in [0.05, 0.1) is 30.1 Å². The van der Waals surface area contributed by atoms with Gasteiger partial charge in [-0.15, -0.1) is 0 Å². The Labute approximate surface area is 218 Å². The third-order valence-corrected chi connectivity index (χ3v) is 9.68. The van der Waals surface area contributed by atoms with Gasteiger partial charge in [-0.25, -0.2) is 8.42 Å². The van der Waals surface area contributed by atoms with Crippen LogP contribution in [-0.4, -0.2) is 61.5 Å². The largest absolute Gasteiger partial charge is 0.497 e. The van der Waals surface area contributed by atoms with Crippen LogP contribution in [-0.2, 0) is 21.2 Å². The van der Waals surface area contributed by atoms with Crippen molar-refractivity contribution >= 4 is 15.9 Å². The molecule has 0 aliphatic carbocycles. The number of sulfonamides is 1. The molecule has 1 fully saturated rings. The van der Waals surface area contributed by atoms with Crippen molar-refractivity contribution in [1.82, 2.24) is 9.21 Å². The van der Waals surface area contributed by atoms with Gasteiger partial charge >= 0.3 is 0 Å². The van der Waals surface area contributed by atoms with Crippen LogP contribution in [0.4, 0.5) is 0 Å². The number of fused-ring (bicyclic) bond motifs is 3. The number of carbonyl (C=O) groups is 1. The summed E-state index contributed by atoms with van der Waals surface area (Å²) in [4.78, 5) is 15.7. The molecule has 2 aliphatic heterocycles. The highest BCUT2D eigenvalue weighted by atomic mass is 32.2. The summed E-state index contributed by atoms with van der Waals surface area (Å²) in [6, 6.07) is 21.6. The summed E-state index contributed by atoms with van der Waals surface area (Å²) in [6.45, 7) is 2.11. The summed E-state index contributed by atoms with van der Waals surface area (Å²) >= 11 is 0. The van der Waals surface area contributed by atoms with E-state index in [0.717, 1.165) is 23.1 Å². The fourth-order valence-electron chi connectivity index (χ4n) is 5.75. The van der Waals surface area contributed by atoms with E-state index in [-0.39, 0.29) is 16.8 Å². The van der Waals surface area contributed by atoms with E-state index in [1.165, 1.54) is 36.2 Å². The molecular formula is C29H32N2O5S. The molecule has 3 aromatic rings. The minimum absolute atomic E-state index is 0.116. The van der Waals surface area contributed by atoms with Gasteiger partial charge in [0.1, 0.15) is 5.75 Å². The Bertz CT molecular complexity index is 1390. The Balaban J connectivity index is 1.53. The summed E-state index contributed by atoms with van der Waals surface area (Å²) in [5.74, 6) is -0.503. The van der Waals surface area contributed by atoms with Crippen LogP contribution in [0, 0.1) is 5.92 Å². The van der Waals surface area contributed by atoms with Gasteiger partial charge in [0.2, 0.25) is 15.9 Å². The fourth-order valence-corrected chi connectivity index (χ4v) is 7.14. The van der Waals surface area contributed by atoms with Crippen LogP contribution in [0.1, 0.15) is 30.5 Å². The van der Waals surface area contributed by atoms with Crippen molar-refractivity contribution in [2.45, 2.75) is 42.8 Å². The Morgan fingerprint density at radius 3 is 2.38 bits per heavy atom. The fraction of sp³-hybridized carbons (Fsp3) is 0.345. The maximum atomic E-state index is 13.8. The predicted octanol–water partition coefficient (Wildman–Crippen LogP) is 3.88. The maximum Gasteiger partial charge on any atom is 0.243 e. The summed E-state index contributed by atoms with van der Waals surface area (Å²) in [6.07, 6.45) is 0.131. The highest BCUT2D eigenvalue weighted by molar-refractivity contribution is 7.89. The van der Waals surface area contributed by atoms with Gasteiger partial charge in [0, 0.05) is 19.6 Å². The number of benzene rings is 3. The van der Waals surface area contributed by atoms with Crippen molar-refractivity contribution in [2.75, 3.05) is 20.7 Å². The van der Waals surface area contributed by atoms with Crippen LogP contribution in [0.25, 0.3) is 11.1 Å². The molecule has 1 N–H and O–H groups in total. The molecule has 4 atom stereocenters. The third-order valence-electron chi connectivity index (χ3n) is 7.78. The van der Waals surface area contributed by atoms with Gasteiger partial charge in [-0.3, -0.25) is 4.79 Å². The van der Waals surface area contributed by atoms with E-state index >= 15 is 0 Å². The van der Waals surface area contributed by atoms with E-state index in [9.17, 15) is 18.3 Å². The molecule has 0 aromatic heterocycles. The Kier molecular flexibility index (Phi) is 6.83. The number of aliphatic hydroxyl groups is 1. The first-order valence-electron chi connectivity index (χ1n) is 12.5. The minimum atomic E-state index is -3.92. The van der Waals surface area contributed by atoms with E-state index in [1.54, 1.807) is 19.1 Å². The molecule has 0 bridgehead atoms. The molecule has 0 spiro atoms. The monoisotopic (exact) mass is 520 g/mol. The van der Waals surface area contributed by atoms with Crippen LogP contribution >= 0.6 is 0 Å². The van der Waals surface area contributed by atoms with Crippen molar-refractivity contribution in [1.29, 1.82) is 0 Å². The normalized spacial score (nSPS) is 22.4. The number of nitrogens with zero attached hydrogens (tertiary/aromatic N) is 2. The van der Waals surface area contributed by atoms with Gasteiger partial charge in [-0.1, -0.05) is 42.5 Å². The van der Waals surface area contributed by atoms with Gasteiger partial charge in [0.25, 0.3) is 0 Å². The van der Waals surface area contributed by atoms with Gasteiger partial charge in [-0.05, 0) is 72.4 Å². The highest BCUT2D eigenvalue weighted by Gasteiger charge is 2.49. The van der Waals surface area contributed by atoms with Gasteiger partial charge in [-0.2, -0.15) is 4.31 Å². The summed E-state index contributed by atoms with van der Waals surface area (Å²) in [5.41, 5.74) is 4.36. The third kappa shape index (κ3) is 4.54. The van der Waals surface area contributed by atoms with Crippen molar-refractivity contribution in [3.05, 3.63) is 83.9 Å². The van der Waals surface area contributed by atoms with Crippen molar-refractivity contribution in [2.24, 2.45) is 5.92 Å². The van der Waals surface area contributed by atoms with E-state index in [0.29, 0.717) is 18.7 Å². The zero-order valence-electron chi connectivity index (χ0n) is 21.2. The van der Waals surface area contributed by atoms with E-state index in [1.807, 2.05) is 23.1 Å². The lowest BCUT2D eigenvalue weighted by Crippen LogP contribution is -2.59. The molecule has 2 aliphatic rings. The molecule has 1 saturated heterocycles.